The molecule has 1 heterocycles. The zero-order valence-electron chi connectivity index (χ0n) is 19.6. The van der Waals surface area contributed by atoms with E-state index in [0.717, 1.165) is 36.4 Å². The third kappa shape index (κ3) is 5.20. The molecule has 0 radical (unpaired) electrons. The summed E-state index contributed by atoms with van der Waals surface area (Å²) in [5.74, 6) is 1.51. The van der Waals surface area contributed by atoms with Crippen molar-refractivity contribution >= 4 is 5.91 Å². The lowest BCUT2D eigenvalue weighted by atomic mass is 9.87. The van der Waals surface area contributed by atoms with Gasteiger partial charge in [-0.15, -0.1) is 0 Å². The second kappa shape index (κ2) is 10.5. The number of nitrogens with zero attached hydrogens (tertiary/aromatic N) is 1. The Morgan fingerprint density at radius 3 is 2.21 bits per heavy atom. The molecule has 0 aromatic heterocycles. The molecule has 0 saturated carbocycles. The van der Waals surface area contributed by atoms with Crippen LogP contribution in [0.25, 0.3) is 0 Å². The molecule has 33 heavy (non-hydrogen) atoms. The van der Waals surface area contributed by atoms with Gasteiger partial charge in [-0.1, -0.05) is 60.7 Å². The van der Waals surface area contributed by atoms with Crippen molar-refractivity contribution in [3.63, 3.8) is 0 Å². The Morgan fingerprint density at radius 1 is 0.970 bits per heavy atom. The van der Waals surface area contributed by atoms with Gasteiger partial charge in [-0.3, -0.25) is 9.69 Å². The summed E-state index contributed by atoms with van der Waals surface area (Å²) in [5.41, 5.74) is 4.79. The first-order valence-corrected chi connectivity index (χ1v) is 11.5. The van der Waals surface area contributed by atoms with Crippen molar-refractivity contribution < 1.29 is 14.3 Å². The number of ether oxygens (including phenoxy) is 2. The summed E-state index contributed by atoms with van der Waals surface area (Å²) in [5, 5.41) is 3.12. The normalized spacial score (nSPS) is 16.5. The fraction of sp³-hybridized carbons (Fsp3) is 0.321. The van der Waals surface area contributed by atoms with Crippen LogP contribution in [-0.4, -0.2) is 37.6 Å². The van der Waals surface area contributed by atoms with Crippen molar-refractivity contribution in [2.75, 3.05) is 20.8 Å². The van der Waals surface area contributed by atoms with E-state index in [2.05, 4.69) is 46.6 Å². The molecule has 2 unspecified atom stereocenters. The molecule has 0 saturated heterocycles. The molecule has 1 amide bonds. The Hall–Kier alpha value is -3.31. The fourth-order valence-electron chi connectivity index (χ4n) is 4.66. The van der Waals surface area contributed by atoms with Crippen molar-refractivity contribution in [3.8, 4) is 11.5 Å². The predicted octanol–water partition coefficient (Wildman–Crippen LogP) is 4.55. The maximum absolute atomic E-state index is 13.2. The molecule has 1 N–H and O–H groups in total. The summed E-state index contributed by atoms with van der Waals surface area (Å²) in [4.78, 5) is 15.5. The van der Waals surface area contributed by atoms with Gasteiger partial charge >= 0.3 is 0 Å². The van der Waals surface area contributed by atoms with Crippen LogP contribution in [0.5, 0.6) is 11.5 Å². The second-order valence-corrected chi connectivity index (χ2v) is 8.48. The highest BCUT2D eigenvalue weighted by Crippen LogP contribution is 2.40. The molecule has 3 aromatic carbocycles. The molecule has 5 nitrogen and oxygen atoms in total. The molecule has 3 aromatic rings. The smallest absolute Gasteiger partial charge is 0.237 e. The van der Waals surface area contributed by atoms with Gasteiger partial charge in [-0.05, 0) is 54.2 Å². The molecule has 4 rings (SSSR count). The van der Waals surface area contributed by atoms with E-state index in [4.69, 9.17) is 9.47 Å². The van der Waals surface area contributed by atoms with Crippen LogP contribution in [0.2, 0.25) is 0 Å². The first-order valence-electron chi connectivity index (χ1n) is 11.5. The minimum absolute atomic E-state index is 0.0424. The SMILES string of the molecule is COc1cc2c(cc1OC)C(Cc1ccccc1)N(C(C)C(=O)NCc1ccccc1)CC2. The highest BCUT2D eigenvalue weighted by molar-refractivity contribution is 5.81. The van der Waals surface area contributed by atoms with Crippen molar-refractivity contribution in [1.82, 2.24) is 10.2 Å². The summed E-state index contributed by atoms with van der Waals surface area (Å²) in [6.45, 7) is 3.34. The molecule has 0 bridgehead atoms. The van der Waals surface area contributed by atoms with E-state index >= 15 is 0 Å². The zero-order chi connectivity index (χ0) is 23.2. The lowest BCUT2D eigenvalue weighted by Gasteiger charge is -2.41. The Morgan fingerprint density at radius 2 is 1.58 bits per heavy atom. The quantitative estimate of drug-likeness (QED) is 0.554. The Bertz CT molecular complexity index is 1070. The van der Waals surface area contributed by atoms with Crippen molar-refractivity contribution in [2.24, 2.45) is 0 Å². The van der Waals surface area contributed by atoms with Gasteiger partial charge in [0.05, 0.1) is 20.3 Å². The van der Waals surface area contributed by atoms with Crippen LogP contribution in [0.1, 0.15) is 35.2 Å². The molecule has 172 valence electrons. The number of nitrogens with one attached hydrogen (secondary N) is 1. The molecular weight excluding hydrogens is 412 g/mol. The number of fused-ring (bicyclic) bond motifs is 1. The first-order chi connectivity index (χ1) is 16.1. The molecule has 2 atom stereocenters. The average molecular weight is 445 g/mol. The Labute approximate surface area is 196 Å². The summed E-state index contributed by atoms with van der Waals surface area (Å²) < 4.78 is 11.1. The van der Waals surface area contributed by atoms with Crippen LogP contribution in [0, 0.1) is 0 Å². The van der Waals surface area contributed by atoms with E-state index in [1.165, 1.54) is 16.7 Å². The van der Waals surface area contributed by atoms with Gasteiger partial charge < -0.3 is 14.8 Å². The van der Waals surface area contributed by atoms with Crippen LogP contribution in [-0.2, 0) is 24.2 Å². The molecule has 5 heteroatoms. The van der Waals surface area contributed by atoms with Gasteiger partial charge in [0.1, 0.15) is 0 Å². The molecule has 0 aliphatic carbocycles. The Kier molecular flexibility index (Phi) is 7.30. The van der Waals surface area contributed by atoms with Crippen molar-refractivity contribution in [3.05, 3.63) is 95.1 Å². The lowest BCUT2D eigenvalue weighted by molar-refractivity contribution is -0.127. The number of carbonyl (C=O) groups is 1. The second-order valence-electron chi connectivity index (χ2n) is 8.48. The summed E-state index contributed by atoms with van der Waals surface area (Å²) in [6, 6.07) is 24.4. The van der Waals surface area contributed by atoms with Gasteiger partial charge in [0.25, 0.3) is 0 Å². The lowest BCUT2D eigenvalue weighted by Crippen LogP contribution is -2.49. The van der Waals surface area contributed by atoms with Crippen LogP contribution in [0.4, 0.5) is 0 Å². The number of amides is 1. The molecule has 1 aliphatic heterocycles. The number of rotatable bonds is 8. The molecule has 1 aliphatic rings. The van der Waals surface area contributed by atoms with E-state index in [1.54, 1.807) is 14.2 Å². The largest absolute Gasteiger partial charge is 0.493 e. The van der Waals surface area contributed by atoms with Gasteiger partial charge in [0.2, 0.25) is 5.91 Å². The van der Waals surface area contributed by atoms with Gasteiger partial charge in [0.15, 0.2) is 11.5 Å². The van der Waals surface area contributed by atoms with E-state index in [0.29, 0.717) is 6.54 Å². The summed E-state index contributed by atoms with van der Waals surface area (Å²) in [6.07, 6.45) is 1.68. The molecule has 0 fully saturated rings. The number of methoxy groups -OCH3 is 2. The van der Waals surface area contributed by atoms with Crippen LogP contribution in [0.3, 0.4) is 0 Å². The monoisotopic (exact) mass is 444 g/mol. The van der Waals surface area contributed by atoms with Gasteiger partial charge in [-0.25, -0.2) is 0 Å². The number of hydrogen-bond acceptors (Lipinski definition) is 4. The average Bonchev–Trinajstić information content (AvgIpc) is 2.87. The maximum atomic E-state index is 13.2. The minimum Gasteiger partial charge on any atom is -0.493 e. The third-order valence-corrected chi connectivity index (χ3v) is 6.50. The van der Waals surface area contributed by atoms with E-state index < -0.39 is 0 Å². The number of benzene rings is 3. The maximum Gasteiger partial charge on any atom is 0.237 e. The van der Waals surface area contributed by atoms with E-state index in [9.17, 15) is 4.79 Å². The first kappa shape index (κ1) is 22.9. The third-order valence-electron chi connectivity index (χ3n) is 6.50. The Balaban J connectivity index is 1.61. The summed E-state index contributed by atoms with van der Waals surface area (Å²) >= 11 is 0. The van der Waals surface area contributed by atoms with Crippen LogP contribution >= 0.6 is 0 Å². The minimum atomic E-state index is -0.260. The zero-order valence-corrected chi connectivity index (χ0v) is 19.6. The molecule has 0 spiro atoms. The highest BCUT2D eigenvalue weighted by atomic mass is 16.5. The van der Waals surface area contributed by atoms with Gasteiger partial charge in [-0.2, -0.15) is 0 Å². The fourth-order valence-corrected chi connectivity index (χ4v) is 4.66. The van der Waals surface area contributed by atoms with Crippen molar-refractivity contribution in [1.29, 1.82) is 0 Å². The van der Waals surface area contributed by atoms with Crippen LogP contribution in [0.15, 0.2) is 72.8 Å². The van der Waals surface area contributed by atoms with E-state index in [1.807, 2.05) is 43.3 Å². The van der Waals surface area contributed by atoms with E-state index in [-0.39, 0.29) is 18.0 Å². The standard InChI is InChI=1S/C28H32N2O3/c1-20(28(31)29-19-22-12-8-5-9-13-22)30-15-14-23-17-26(32-2)27(33-3)18-24(23)25(30)16-21-10-6-4-7-11-21/h4-13,17-18,20,25H,14-16,19H2,1-3H3,(H,29,31). The highest BCUT2D eigenvalue weighted by Gasteiger charge is 2.34. The summed E-state index contributed by atoms with van der Waals surface area (Å²) in [7, 11) is 3.33. The molecular formula is C28H32N2O3. The number of carbonyl (C=O) groups excluding carboxylic acids is 1. The van der Waals surface area contributed by atoms with Gasteiger partial charge in [0, 0.05) is 19.1 Å². The number of hydrogen-bond donors (Lipinski definition) is 1. The van der Waals surface area contributed by atoms with Crippen LogP contribution < -0.4 is 14.8 Å². The predicted molar refractivity (Wildman–Crippen MR) is 131 cm³/mol. The topological polar surface area (TPSA) is 50.8 Å². The van der Waals surface area contributed by atoms with Crippen molar-refractivity contribution in [2.45, 2.75) is 38.4 Å².